The number of fused-ring (bicyclic) bond motifs is 1. The van der Waals surface area contributed by atoms with E-state index < -0.39 is 0 Å². The van der Waals surface area contributed by atoms with Crippen molar-refractivity contribution in [2.45, 2.75) is 20.8 Å². The highest BCUT2D eigenvalue weighted by Gasteiger charge is 2.16. The Morgan fingerprint density at radius 3 is 2.80 bits per heavy atom. The van der Waals surface area contributed by atoms with Gasteiger partial charge < -0.3 is 29.4 Å². The fourth-order valence-electron chi connectivity index (χ4n) is 3.87. The van der Waals surface area contributed by atoms with Gasteiger partial charge in [0.05, 0.1) is 13.2 Å². The Balaban J connectivity index is 1.51. The van der Waals surface area contributed by atoms with Crippen LogP contribution in [0.1, 0.15) is 18.2 Å². The molecular formula is C27H33N5O3. The summed E-state index contributed by atoms with van der Waals surface area (Å²) in [6.45, 7) is 13.4. The van der Waals surface area contributed by atoms with Gasteiger partial charge in [0.15, 0.2) is 0 Å². The van der Waals surface area contributed by atoms with Crippen LogP contribution in [0, 0.1) is 13.8 Å². The number of rotatable bonds is 10. The van der Waals surface area contributed by atoms with E-state index in [4.69, 9.17) is 14.2 Å². The van der Waals surface area contributed by atoms with Gasteiger partial charge in [0.25, 0.3) is 0 Å². The van der Waals surface area contributed by atoms with Gasteiger partial charge in [0.1, 0.15) is 30.6 Å². The third kappa shape index (κ3) is 6.22. The first-order valence-electron chi connectivity index (χ1n) is 11.9. The number of nitrogens with zero attached hydrogens (tertiary/aromatic N) is 3. The number of hydrogen-bond acceptors (Lipinski definition) is 7. The van der Waals surface area contributed by atoms with Gasteiger partial charge in [-0.05, 0) is 56.7 Å². The number of aryl methyl sites for hydroxylation is 2. The van der Waals surface area contributed by atoms with E-state index in [1.807, 2.05) is 37.3 Å². The molecule has 0 aliphatic carbocycles. The van der Waals surface area contributed by atoms with E-state index in [2.05, 4.69) is 57.7 Å². The average Bonchev–Trinajstić information content (AvgIpc) is 3.17. The van der Waals surface area contributed by atoms with Crippen molar-refractivity contribution in [1.82, 2.24) is 15.0 Å². The molecule has 0 bridgehead atoms. The van der Waals surface area contributed by atoms with Crippen LogP contribution in [-0.4, -0.2) is 54.5 Å². The van der Waals surface area contributed by atoms with Crippen molar-refractivity contribution in [1.29, 1.82) is 0 Å². The molecule has 0 saturated carbocycles. The molecule has 0 atom stereocenters. The molecule has 8 heteroatoms. The van der Waals surface area contributed by atoms with Crippen LogP contribution in [0.4, 0.5) is 17.3 Å². The molecule has 1 fully saturated rings. The van der Waals surface area contributed by atoms with Gasteiger partial charge in [-0.2, -0.15) is 9.97 Å². The molecule has 2 aromatic heterocycles. The number of benzene rings is 1. The largest absolute Gasteiger partial charge is 0.490 e. The summed E-state index contributed by atoms with van der Waals surface area (Å²) in [6, 6.07) is 8.51. The van der Waals surface area contributed by atoms with Gasteiger partial charge in [-0.25, -0.2) is 0 Å². The van der Waals surface area contributed by atoms with Crippen LogP contribution in [0.15, 0.2) is 60.9 Å². The normalized spacial score (nSPS) is 14.5. The standard InChI is InChI=1S/C27H33N5O3/c1-5-7-8-22(6-2)34-15-16-35-27-30-25(18-26(31-27)32-11-13-33-14-12-32)29-21-9-10-24-23(17-21)19(3)20(4)28-24/h5-10,17-18,28H,1,11-16H2,2-4H3,(H,29,30,31)/b8-7-,22-6+. The number of ether oxygens (including phenoxy) is 3. The molecule has 1 aliphatic rings. The van der Waals surface area contributed by atoms with E-state index >= 15 is 0 Å². The third-order valence-corrected chi connectivity index (χ3v) is 5.87. The molecule has 3 heterocycles. The molecule has 3 aromatic rings. The van der Waals surface area contributed by atoms with Crippen LogP contribution < -0.4 is 15.0 Å². The Labute approximate surface area is 206 Å². The number of nitrogens with one attached hydrogen (secondary N) is 2. The van der Waals surface area contributed by atoms with Gasteiger partial charge >= 0.3 is 6.01 Å². The van der Waals surface area contributed by atoms with E-state index in [1.165, 1.54) is 16.6 Å². The highest BCUT2D eigenvalue weighted by Crippen LogP contribution is 2.28. The number of morpholine rings is 1. The Bertz CT molecular complexity index is 1230. The average molecular weight is 476 g/mol. The van der Waals surface area contributed by atoms with Gasteiger partial charge in [-0.1, -0.05) is 18.7 Å². The molecule has 4 rings (SSSR count). The van der Waals surface area contributed by atoms with E-state index in [0.29, 0.717) is 38.3 Å². The number of H-pyrrole nitrogens is 1. The lowest BCUT2D eigenvalue weighted by Crippen LogP contribution is -2.36. The molecule has 1 aromatic carbocycles. The van der Waals surface area contributed by atoms with E-state index in [9.17, 15) is 0 Å². The van der Waals surface area contributed by atoms with Crippen molar-refractivity contribution in [3.63, 3.8) is 0 Å². The third-order valence-electron chi connectivity index (χ3n) is 5.87. The van der Waals surface area contributed by atoms with E-state index in [0.717, 1.165) is 35.9 Å². The monoisotopic (exact) mass is 475 g/mol. The molecule has 0 spiro atoms. The second-order valence-electron chi connectivity index (χ2n) is 8.24. The molecule has 8 nitrogen and oxygen atoms in total. The Hall–Kier alpha value is -3.78. The lowest BCUT2D eigenvalue weighted by Gasteiger charge is -2.28. The predicted octanol–water partition coefficient (Wildman–Crippen LogP) is 5.20. The second-order valence-corrected chi connectivity index (χ2v) is 8.24. The molecule has 184 valence electrons. The zero-order valence-corrected chi connectivity index (χ0v) is 20.6. The van der Waals surface area contributed by atoms with Crippen LogP contribution in [0.2, 0.25) is 0 Å². The summed E-state index contributed by atoms with van der Waals surface area (Å²) in [7, 11) is 0. The number of anilines is 3. The summed E-state index contributed by atoms with van der Waals surface area (Å²) in [4.78, 5) is 14.9. The summed E-state index contributed by atoms with van der Waals surface area (Å²) in [5, 5.41) is 4.62. The number of aromatic amines is 1. The van der Waals surface area contributed by atoms with Crippen molar-refractivity contribution in [3.05, 3.63) is 72.2 Å². The van der Waals surface area contributed by atoms with Gasteiger partial charge in [0, 0.05) is 41.4 Å². The zero-order valence-electron chi connectivity index (χ0n) is 20.6. The maximum absolute atomic E-state index is 5.89. The summed E-state index contributed by atoms with van der Waals surface area (Å²) in [6.07, 6.45) is 7.28. The Morgan fingerprint density at radius 2 is 2.03 bits per heavy atom. The van der Waals surface area contributed by atoms with Crippen molar-refractivity contribution in [2.75, 3.05) is 49.7 Å². The fraction of sp³-hybridized carbons (Fsp3) is 0.333. The molecular weight excluding hydrogens is 442 g/mol. The van der Waals surface area contributed by atoms with Crippen LogP contribution in [-0.2, 0) is 9.47 Å². The molecule has 0 unspecified atom stereocenters. The molecule has 2 N–H and O–H groups in total. The van der Waals surface area contributed by atoms with Crippen molar-refractivity contribution in [2.24, 2.45) is 0 Å². The zero-order chi connectivity index (χ0) is 24.6. The highest BCUT2D eigenvalue weighted by molar-refractivity contribution is 5.88. The first-order chi connectivity index (χ1) is 17.1. The minimum atomic E-state index is 0.304. The summed E-state index contributed by atoms with van der Waals surface area (Å²) in [5.74, 6) is 2.23. The maximum atomic E-state index is 5.89. The topological polar surface area (TPSA) is 84.5 Å². The van der Waals surface area contributed by atoms with Crippen LogP contribution in [0.25, 0.3) is 10.9 Å². The van der Waals surface area contributed by atoms with E-state index in [-0.39, 0.29) is 0 Å². The molecule has 1 aliphatic heterocycles. The summed E-state index contributed by atoms with van der Waals surface area (Å²) < 4.78 is 17.1. The lowest BCUT2D eigenvalue weighted by molar-refractivity contribution is 0.122. The Morgan fingerprint density at radius 1 is 1.20 bits per heavy atom. The summed E-state index contributed by atoms with van der Waals surface area (Å²) in [5.41, 5.74) is 4.49. The highest BCUT2D eigenvalue weighted by atomic mass is 16.5. The minimum absolute atomic E-state index is 0.304. The quantitative estimate of drug-likeness (QED) is 0.237. The van der Waals surface area contributed by atoms with Crippen molar-refractivity contribution in [3.8, 4) is 6.01 Å². The SMILES string of the molecule is C=C/C=C\C(=C/C)OCCOc1nc(Nc2ccc3[nH]c(C)c(C)c3c2)cc(N2CCOCC2)n1. The second kappa shape index (κ2) is 11.6. The Kier molecular flexibility index (Phi) is 8.05. The predicted molar refractivity (Wildman–Crippen MR) is 141 cm³/mol. The fourth-order valence-corrected chi connectivity index (χ4v) is 3.87. The van der Waals surface area contributed by atoms with Crippen molar-refractivity contribution >= 4 is 28.2 Å². The van der Waals surface area contributed by atoms with Crippen LogP contribution in [0.3, 0.4) is 0 Å². The molecule has 35 heavy (non-hydrogen) atoms. The first-order valence-corrected chi connectivity index (χ1v) is 11.9. The lowest BCUT2D eigenvalue weighted by atomic mass is 10.1. The minimum Gasteiger partial charge on any atom is -0.490 e. The van der Waals surface area contributed by atoms with Crippen molar-refractivity contribution < 1.29 is 14.2 Å². The molecule has 1 saturated heterocycles. The number of aromatic nitrogens is 3. The van der Waals surface area contributed by atoms with E-state index in [1.54, 1.807) is 6.08 Å². The maximum Gasteiger partial charge on any atom is 0.320 e. The van der Waals surface area contributed by atoms with Gasteiger partial charge in [-0.15, -0.1) is 0 Å². The summed E-state index contributed by atoms with van der Waals surface area (Å²) >= 11 is 0. The van der Waals surface area contributed by atoms with Crippen LogP contribution in [0.5, 0.6) is 6.01 Å². The van der Waals surface area contributed by atoms with Gasteiger partial charge in [0.2, 0.25) is 0 Å². The van der Waals surface area contributed by atoms with Crippen LogP contribution >= 0.6 is 0 Å². The molecule has 0 radical (unpaired) electrons. The smallest absolute Gasteiger partial charge is 0.320 e. The molecule has 0 amide bonds. The van der Waals surface area contributed by atoms with Gasteiger partial charge in [-0.3, -0.25) is 0 Å². The number of hydrogen-bond donors (Lipinski definition) is 2. The first kappa shape index (κ1) is 24.3. The number of allylic oxidation sites excluding steroid dienone is 4.